The molecule has 3 fully saturated rings. The average molecular weight is 1700 g/mol. The Morgan fingerprint density at radius 2 is 0.686 bits per heavy atom. The summed E-state index contributed by atoms with van der Waals surface area (Å²) in [6.07, 6.45) is 30.0. The van der Waals surface area contributed by atoms with Gasteiger partial charge in [-0.15, -0.1) is 0 Å². The zero-order chi connectivity index (χ0) is 86.2. The Bertz CT molecular complexity index is 2610. The Balaban J connectivity index is 1.93. The molecule has 0 spiro atoms. The van der Waals surface area contributed by atoms with Crippen molar-refractivity contribution in [2.75, 3.05) is 26.4 Å². The van der Waals surface area contributed by atoms with Crippen molar-refractivity contribution >= 4 is 31.7 Å². The van der Waals surface area contributed by atoms with Gasteiger partial charge >= 0.3 is 31.7 Å². The highest BCUT2D eigenvalue weighted by Crippen LogP contribution is 2.49. The molecule has 19 unspecified atom stereocenters. The summed E-state index contributed by atoms with van der Waals surface area (Å²) in [6, 6.07) is 0. The third kappa shape index (κ3) is 50.0. The maximum atomic E-state index is 14.9. The minimum absolute atomic E-state index is 0.00710. The summed E-state index contributed by atoms with van der Waals surface area (Å²) in [6.45, 7) is 7.86. The zero-order valence-corrected chi connectivity index (χ0v) is 74.5. The lowest BCUT2D eigenvalue weighted by Crippen LogP contribution is -2.70. The van der Waals surface area contributed by atoms with Gasteiger partial charge in [0.15, 0.2) is 24.8 Å². The van der Waals surface area contributed by atoms with E-state index in [-0.39, 0.29) is 25.7 Å². The predicted molar refractivity (Wildman–Crippen MR) is 458 cm³/mol. The first kappa shape index (κ1) is 109. The lowest BCUT2D eigenvalue weighted by molar-refractivity contribution is -0.360. The van der Waals surface area contributed by atoms with Crippen molar-refractivity contribution < 1.29 is 122 Å². The number of carbonyl (C=O) groups is 4. The summed E-state index contributed by atoms with van der Waals surface area (Å²) >= 11 is 0. The number of ether oxygens (including phenoxy) is 8. The molecule has 1 saturated carbocycles. The second kappa shape index (κ2) is 69.9. The Morgan fingerprint density at radius 3 is 1.11 bits per heavy atom. The van der Waals surface area contributed by atoms with Gasteiger partial charge in [-0.1, -0.05) is 296 Å². The fourth-order valence-corrected chi connectivity index (χ4v) is 16.3. The number of hydrogen-bond donors (Lipinski definition) is 10. The first-order valence-electron chi connectivity index (χ1n) is 47.1. The molecule has 2 aliphatic heterocycles. The average Bonchev–Trinajstić information content (AvgIpc) is 0.754. The summed E-state index contributed by atoms with van der Waals surface area (Å²) in [5.41, 5.74) is 0. The number of phosphoric ester groups is 1. The maximum absolute atomic E-state index is 14.9. The van der Waals surface area contributed by atoms with Crippen molar-refractivity contribution in [2.45, 2.75) is 492 Å². The molecule has 690 valence electrons. The van der Waals surface area contributed by atoms with Crippen LogP contribution >= 0.6 is 7.82 Å². The molecule has 2 heterocycles. The number of allylic oxidation sites excluding steroid dienone is 6. The van der Waals surface area contributed by atoms with E-state index in [1.54, 1.807) is 0 Å². The molecule has 3 rings (SSSR count). The standard InChI is InChI=1S/C92H167O25P/c1-6-10-14-18-22-25-28-31-33-36-39-42-45-52-58-64-76(95)109-70-74-80(99)82(101)86(105)92(113-74)116-89-87(114-78(97)66-60-53-46-43-40-37-34-32-29-26-23-19-15-11-7-2)83(102)84(103)88(115-91-85(104)81(100)79(98)73(67-93)112-91)90(89)117-118(106,107)110-69-72(68-108-75(94)63-57-51-44-41-38-35-30-27-24-20-16-12-8-3)111-77(96)65-59-54-48-47-50-56-62-71(5)61-55-49-21-17-13-9-4/h25-26,28-29,35,38,71-74,79-93,98-105H,6-24,27,30-34,36-37,39-70H2,1-5H3,(H,106,107)/b28-25-,29-26-,38-35-. The number of phosphoric acid groups is 1. The summed E-state index contributed by atoms with van der Waals surface area (Å²) in [5.74, 6) is -2.33. The highest BCUT2D eigenvalue weighted by atomic mass is 31.2. The third-order valence-corrected chi connectivity index (χ3v) is 24.0. The number of carbonyl (C=O) groups excluding carboxylic acids is 4. The summed E-state index contributed by atoms with van der Waals surface area (Å²) in [7, 11) is -5.82. The number of aliphatic hydroxyl groups excluding tert-OH is 9. The molecule has 0 aromatic heterocycles. The van der Waals surface area contributed by atoms with Crippen molar-refractivity contribution in [1.82, 2.24) is 0 Å². The minimum Gasteiger partial charge on any atom is -0.463 e. The summed E-state index contributed by atoms with van der Waals surface area (Å²) < 4.78 is 73.4. The normalized spacial score (nSPS) is 25.3. The van der Waals surface area contributed by atoms with Gasteiger partial charge in [0.2, 0.25) is 0 Å². The van der Waals surface area contributed by atoms with Crippen molar-refractivity contribution in [3.8, 4) is 0 Å². The SMILES string of the molecule is CCCCCC/C=C\CCCCCCCCCC(=O)OCC1OC(OC2C(OC(=O)CCCCCCCCC/C=C\CCCCCC)C(O)C(O)C(OC3OC(CO)C(O)C(O)C3O)C2OP(=O)(O)OCC(COC(=O)CCCCC/C=C\CCCCCCCC)OC(=O)CCCCCCCCC(C)CCCCCCCC)C(O)C(O)C1O. The first-order chi connectivity index (χ1) is 57.1. The Hall–Kier alpha value is -3.31. The second-order valence-corrected chi connectivity index (χ2v) is 35.2. The van der Waals surface area contributed by atoms with Crippen LogP contribution in [0.1, 0.15) is 388 Å². The van der Waals surface area contributed by atoms with Crippen LogP contribution in [0.4, 0.5) is 0 Å². The van der Waals surface area contributed by atoms with Crippen molar-refractivity contribution in [3.05, 3.63) is 36.5 Å². The van der Waals surface area contributed by atoms with Crippen LogP contribution in [-0.4, -0.2) is 205 Å². The van der Waals surface area contributed by atoms with Gasteiger partial charge < -0.3 is 88.7 Å². The molecule has 10 N–H and O–H groups in total. The van der Waals surface area contributed by atoms with Gasteiger partial charge in [-0.2, -0.15) is 0 Å². The van der Waals surface area contributed by atoms with Gasteiger partial charge in [0.25, 0.3) is 0 Å². The lowest BCUT2D eigenvalue weighted by atomic mass is 9.84. The molecule has 19 atom stereocenters. The minimum atomic E-state index is -5.82. The Kier molecular flexibility index (Phi) is 64.5. The predicted octanol–water partition coefficient (Wildman–Crippen LogP) is 17.4. The van der Waals surface area contributed by atoms with Crippen LogP contribution in [0.15, 0.2) is 36.5 Å². The van der Waals surface area contributed by atoms with Crippen LogP contribution in [0.3, 0.4) is 0 Å². The molecule has 0 amide bonds. The number of aliphatic hydroxyl groups is 9. The maximum Gasteiger partial charge on any atom is 0.472 e. The number of hydrogen-bond acceptors (Lipinski definition) is 24. The van der Waals surface area contributed by atoms with E-state index in [0.717, 1.165) is 154 Å². The van der Waals surface area contributed by atoms with Crippen LogP contribution in [0.5, 0.6) is 0 Å². The van der Waals surface area contributed by atoms with Gasteiger partial charge in [0.05, 0.1) is 13.2 Å². The van der Waals surface area contributed by atoms with E-state index in [1.807, 2.05) is 0 Å². The van der Waals surface area contributed by atoms with E-state index >= 15 is 0 Å². The van der Waals surface area contributed by atoms with E-state index in [4.69, 9.17) is 46.9 Å². The molecule has 3 aliphatic rings. The Labute approximate surface area is 710 Å². The van der Waals surface area contributed by atoms with E-state index in [9.17, 15) is 74.6 Å². The Morgan fingerprint density at radius 1 is 0.356 bits per heavy atom. The molecule has 0 radical (unpaired) electrons. The third-order valence-electron chi connectivity index (χ3n) is 23.0. The number of esters is 4. The topological polar surface area (TPSA) is 380 Å². The summed E-state index contributed by atoms with van der Waals surface area (Å²) in [4.78, 5) is 66.5. The zero-order valence-electron chi connectivity index (χ0n) is 73.6. The van der Waals surface area contributed by atoms with E-state index in [0.29, 0.717) is 44.4 Å². The van der Waals surface area contributed by atoms with Crippen molar-refractivity contribution in [1.29, 1.82) is 0 Å². The fourth-order valence-electron chi connectivity index (χ4n) is 15.4. The van der Waals surface area contributed by atoms with Crippen LogP contribution < -0.4 is 0 Å². The van der Waals surface area contributed by atoms with Crippen LogP contribution in [0.25, 0.3) is 0 Å². The fraction of sp³-hybridized carbons (Fsp3) is 0.891. The quantitative estimate of drug-likeness (QED) is 0.00889. The second-order valence-electron chi connectivity index (χ2n) is 33.8. The van der Waals surface area contributed by atoms with E-state index in [1.165, 1.54) is 135 Å². The van der Waals surface area contributed by atoms with E-state index in [2.05, 4.69) is 71.1 Å². The van der Waals surface area contributed by atoms with Gasteiger partial charge in [0, 0.05) is 25.7 Å². The van der Waals surface area contributed by atoms with Crippen LogP contribution in [0.2, 0.25) is 0 Å². The number of rotatable bonds is 75. The largest absolute Gasteiger partial charge is 0.472 e. The molecule has 2 saturated heterocycles. The van der Waals surface area contributed by atoms with Crippen LogP contribution in [0, 0.1) is 5.92 Å². The number of unbranched alkanes of at least 4 members (excludes halogenated alkanes) is 41. The van der Waals surface area contributed by atoms with Gasteiger partial charge in [-0.05, 0) is 109 Å². The molecule has 0 aromatic carbocycles. The molecular weight excluding hydrogens is 1540 g/mol. The molecule has 0 bridgehead atoms. The first-order valence-corrected chi connectivity index (χ1v) is 48.6. The van der Waals surface area contributed by atoms with Gasteiger partial charge in [-0.25, -0.2) is 4.57 Å². The highest BCUT2D eigenvalue weighted by Gasteiger charge is 2.60. The van der Waals surface area contributed by atoms with Gasteiger partial charge in [-0.3, -0.25) is 28.2 Å². The highest BCUT2D eigenvalue weighted by molar-refractivity contribution is 7.47. The molecular formula is C92H167O25P. The van der Waals surface area contributed by atoms with Crippen molar-refractivity contribution in [2.24, 2.45) is 5.92 Å². The molecule has 118 heavy (non-hydrogen) atoms. The molecule has 26 heteroatoms. The van der Waals surface area contributed by atoms with Crippen LogP contribution in [-0.2, 0) is 70.7 Å². The van der Waals surface area contributed by atoms with Crippen molar-refractivity contribution in [3.63, 3.8) is 0 Å². The molecule has 25 nitrogen and oxygen atoms in total. The van der Waals surface area contributed by atoms with Gasteiger partial charge in [0.1, 0.15) is 92.6 Å². The van der Waals surface area contributed by atoms with E-state index < -0.39 is 162 Å². The smallest absolute Gasteiger partial charge is 0.463 e. The molecule has 1 aliphatic carbocycles. The summed E-state index contributed by atoms with van der Waals surface area (Å²) in [5, 5.41) is 102. The molecule has 0 aromatic rings. The lowest BCUT2D eigenvalue weighted by Gasteiger charge is -2.50. The monoisotopic (exact) mass is 1700 g/mol.